The first kappa shape index (κ1) is 12.4. The quantitative estimate of drug-likeness (QED) is 0.707. The lowest BCUT2D eigenvalue weighted by Gasteiger charge is -2.36. The van der Waals surface area contributed by atoms with Crippen LogP contribution < -0.4 is 10.6 Å². The molecule has 1 aromatic carbocycles. The molecule has 0 aromatic heterocycles. The van der Waals surface area contributed by atoms with Gasteiger partial charge in [0.25, 0.3) is 0 Å². The van der Waals surface area contributed by atoms with Crippen molar-refractivity contribution >= 4 is 37.5 Å². The third kappa shape index (κ3) is 2.08. The number of allylic oxidation sites excluding steroid dienone is 2. The zero-order valence-electron chi connectivity index (χ0n) is 10.5. The smallest absolute Gasteiger partial charge is 0.0805 e. The van der Waals surface area contributed by atoms with Crippen LogP contribution in [0.25, 0.3) is 0 Å². The van der Waals surface area contributed by atoms with E-state index in [1.54, 1.807) is 0 Å². The van der Waals surface area contributed by atoms with E-state index in [0.29, 0.717) is 6.17 Å². The van der Waals surface area contributed by atoms with Crippen molar-refractivity contribution in [1.82, 2.24) is 5.32 Å². The van der Waals surface area contributed by atoms with Gasteiger partial charge in [0, 0.05) is 15.5 Å². The molecule has 2 bridgehead atoms. The minimum atomic E-state index is 0.407. The lowest BCUT2D eigenvalue weighted by atomic mass is 9.89. The van der Waals surface area contributed by atoms with Crippen molar-refractivity contribution in [2.24, 2.45) is 17.8 Å². The Morgan fingerprint density at radius 2 is 2.00 bits per heavy atom. The SMILES string of the molecule is Brc1cc(Br)c2c(c1)CNC(C1CC3C=CC1C3)N2. The summed E-state index contributed by atoms with van der Waals surface area (Å²) in [5.74, 6) is 2.33. The molecular weight excluding hydrogens is 368 g/mol. The van der Waals surface area contributed by atoms with E-state index in [0.717, 1.165) is 33.2 Å². The standard InChI is InChI=1S/C15H16Br2N2/c16-11-5-10-7-18-15(19-14(10)13(17)6-11)12-4-8-1-2-9(12)3-8/h1-2,5-6,8-9,12,15,18-19H,3-4,7H2. The molecule has 100 valence electrons. The molecule has 0 spiro atoms. The lowest BCUT2D eigenvalue weighted by molar-refractivity contribution is 0.327. The van der Waals surface area contributed by atoms with Gasteiger partial charge in [0.2, 0.25) is 0 Å². The zero-order valence-corrected chi connectivity index (χ0v) is 13.7. The molecule has 0 radical (unpaired) electrons. The number of benzene rings is 1. The first-order chi connectivity index (χ1) is 9.20. The average Bonchev–Trinajstić information content (AvgIpc) is 3.00. The molecule has 4 unspecified atom stereocenters. The molecule has 2 N–H and O–H groups in total. The van der Waals surface area contributed by atoms with Gasteiger partial charge >= 0.3 is 0 Å². The van der Waals surface area contributed by atoms with Crippen molar-refractivity contribution in [2.75, 3.05) is 5.32 Å². The Bertz CT molecular complexity index is 555. The molecular formula is C15H16Br2N2. The summed E-state index contributed by atoms with van der Waals surface area (Å²) in [5, 5.41) is 7.38. The van der Waals surface area contributed by atoms with Crippen molar-refractivity contribution in [1.29, 1.82) is 0 Å². The maximum absolute atomic E-state index is 3.71. The topological polar surface area (TPSA) is 24.1 Å². The van der Waals surface area contributed by atoms with Crippen LogP contribution in [0.1, 0.15) is 18.4 Å². The first-order valence-corrected chi connectivity index (χ1v) is 8.45. The number of hydrogen-bond acceptors (Lipinski definition) is 2. The average molecular weight is 384 g/mol. The molecule has 1 heterocycles. The molecule has 3 aliphatic rings. The molecule has 1 fully saturated rings. The van der Waals surface area contributed by atoms with Crippen molar-refractivity contribution in [3.05, 3.63) is 38.8 Å². The number of hydrogen-bond donors (Lipinski definition) is 2. The van der Waals surface area contributed by atoms with Crippen molar-refractivity contribution in [2.45, 2.75) is 25.6 Å². The van der Waals surface area contributed by atoms with Gasteiger partial charge in [-0.3, -0.25) is 5.32 Å². The largest absolute Gasteiger partial charge is 0.368 e. The Morgan fingerprint density at radius 1 is 1.11 bits per heavy atom. The predicted molar refractivity (Wildman–Crippen MR) is 84.9 cm³/mol. The van der Waals surface area contributed by atoms with Gasteiger partial charge in [-0.2, -0.15) is 0 Å². The van der Waals surface area contributed by atoms with E-state index in [9.17, 15) is 0 Å². The Morgan fingerprint density at radius 3 is 2.74 bits per heavy atom. The second-order valence-corrected chi connectivity index (χ2v) is 7.64. The third-order valence-corrected chi connectivity index (χ3v) is 5.79. The highest BCUT2D eigenvalue weighted by atomic mass is 79.9. The Labute approximate surface area is 130 Å². The second kappa shape index (κ2) is 4.61. The van der Waals surface area contributed by atoms with E-state index < -0.39 is 0 Å². The summed E-state index contributed by atoms with van der Waals surface area (Å²) in [4.78, 5) is 0. The fraction of sp³-hybridized carbons (Fsp3) is 0.467. The van der Waals surface area contributed by atoms with E-state index in [1.165, 1.54) is 24.1 Å². The number of fused-ring (bicyclic) bond motifs is 3. The van der Waals surface area contributed by atoms with E-state index in [4.69, 9.17) is 0 Å². The van der Waals surface area contributed by atoms with Crippen LogP contribution in [-0.2, 0) is 6.54 Å². The van der Waals surface area contributed by atoms with Crippen LogP contribution in [-0.4, -0.2) is 6.17 Å². The molecule has 2 aliphatic carbocycles. The van der Waals surface area contributed by atoms with E-state index in [2.05, 4.69) is 66.8 Å². The monoisotopic (exact) mass is 382 g/mol. The summed E-state index contributed by atoms with van der Waals surface area (Å²) in [7, 11) is 0. The van der Waals surface area contributed by atoms with Gasteiger partial charge in [-0.1, -0.05) is 28.1 Å². The number of rotatable bonds is 1. The van der Waals surface area contributed by atoms with Gasteiger partial charge < -0.3 is 5.32 Å². The summed E-state index contributed by atoms with van der Waals surface area (Å²) in [5.41, 5.74) is 2.59. The summed E-state index contributed by atoms with van der Waals surface area (Å²) in [6.07, 6.45) is 7.93. The number of anilines is 1. The van der Waals surface area contributed by atoms with Gasteiger partial charge in [-0.15, -0.1) is 0 Å². The van der Waals surface area contributed by atoms with E-state index in [-0.39, 0.29) is 0 Å². The molecule has 1 aliphatic heterocycles. The van der Waals surface area contributed by atoms with Crippen LogP contribution in [0.4, 0.5) is 5.69 Å². The highest BCUT2D eigenvalue weighted by Gasteiger charge is 2.41. The van der Waals surface area contributed by atoms with Crippen molar-refractivity contribution in [3.8, 4) is 0 Å². The molecule has 1 aromatic rings. The molecule has 1 saturated carbocycles. The van der Waals surface area contributed by atoms with Gasteiger partial charge in [0.15, 0.2) is 0 Å². The molecule has 4 atom stereocenters. The summed E-state index contributed by atoms with van der Waals surface area (Å²) in [6, 6.07) is 4.31. The lowest BCUT2D eigenvalue weighted by Crippen LogP contribution is -2.46. The maximum Gasteiger partial charge on any atom is 0.0805 e. The summed E-state index contributed by atoms with van der Waals surface area (Å²) >= 11 is 7.23. The summed E-state index contributed by atoms with van der Waals surface area (Å²) < 4.78 is 2.28. The van der Waals surface area contributed by atoms with Crippen LogP contribution >= 0.6 is 31.9 Å². The molecule has 4 heteroatoms. The van der Waals surface area contributed by atoms with Gasteiger partial charge in [0.1, 0.15) is 0 Å². The number of halogens is 2. The third-order valence-electron chi connectivity index (χ3n) is 4.71. The van der Waals surface area contributed by atoms with Crippen LogP contribution in [0.2, 0.25) is 0 Å². The fourth-order valence-electron chi connectivity index (χ4n) is 3.82. The zero-order chi connectivity index (χ0) is 13.0. The second-order valence-electron chi connectivity index (χ2n) is 5.87. The normalized spacial score (nSPS) is 35.3. The van der Waals surface area contributed by atoms with Gasteiger partial charge in [-0.25, -0.2) is 0 Å². The highest BCUT2D eigenvalue weighted by molar-refractivity contribution is 9.11. The van der Waals surface area contributed by atoms with Crippen LogP contribution in [0.3, 0.4) is 0 Å². The van der Waals surface area contributed by atoms with E-state index >= 15 is 0 Å². The minimum absolute atomic E-state index is 0.407. The maximum atomic E-state index is 3.71. The van der Waals surface area contributed by atoms with Crippen LogP contribution in [0.5, 0.6) is 0 Å². The molecule has 2 nitrogen and oxygen atoms in total. The van der Waals surface area contributed by atoms with Crippen LogP contribution in [0.15, 0.2) is 33.2 Å². The van der Waals surface area contributed by atoms with Crippen molar-refractivity contribution < 1.29 is 0 Å². The fourth-order valence-corrected chi connectivity index (χ4v) is 5.25. The van der Waals surface area contributed by atoms with E-state index in [1.807, 2.05) is 0 Å². The Kier molecular flexibility index (Phi) is 3.01. The molecule has 0 saturated heterocycles. The van der Waals surface area contributed by atoms with Gasteiger partial charge in [-0.05, 0) is 64.2 Å². The first-order valence-electron chi connectivity index (χ1n) is 6.87. The summed E-state index contributed by atoms with van der Waals surface area (Å²) in [6.45, 7) is 0.947. The Balaban J connectivity index is 1.60. The minimum Gasteiger partial charge on any atom is -0.368 e. The molecule has 0 amide bonds. The van der Waals surface area contributed by atoms with Crippen molar-refractivity contribution in [3.63, 3.8) is 0 Å². The number of nitrogens with one attached hydrogen (secondary N) is 2. The van der Waals surface area contributed by atoms with Crippen LogP contribution in [0, 0.1) is 17.8 Å². The predicted octanol–water partition coefficient (Wildman–Crippen LogP) is 4.27. The molecule has 19 heavy (non-hydrogen) atoms. The molecule has 4 rings (SSSR count). The highest BCUT2D eigenvalue weighted by Crippen LogP contribution is 2.46. The van der Waals surface area contributed by atoms with Gasteiger partial charge in [0.05, 0.1) is 11.9 Å². The Hall–Kier alpha value is -0.320.